The number of piperidine rings is 1. The molecule has 1 amide bonds. The third kappa shape index (κ3) is 3.07. The molecular weight excluding hydrogens is 332 g/mol. The fourth-order valence-corrected chi connectivity index (χ4v) is 4.28. The first kappa shape index (κ1) is 17.0. The van der Waals surface area contributed by atoms with Crippen molar-refractivity contribution in [3.05, 3.63) is 30.2 Å². The first-order valence-corrected chi connectivity index (χ1v) is 9.27. The van der Waals surface area contributed by atoms with Crippen LogP contribution in [-0.2, 0) is 0 Å². The van der Waals surface area contributed by atoms with E-state index in [9.17, 15) is 9.90 Å². The molecule has 4 rings (SSSR count). The second kappa shape index (κ2) is 7.07. The molecule has 0 spiro atoms. The van der Waals surface area contributed by atoms with Crippen LogP contribution in [0.2, 0.25) is 0 Å². The van der Waals surface area contributed by atoms with Crippen molar-refractivity contribution < 1.29 is 15.0 Å². The minimum atomic E-state index is -0.843. The van der Waals surface area contributed by atoms with E-state index in [2.05, 4.69) is 33.1 Å². The average Bonchev–Trinajstić information content (AvgIpc) is 3.16. The van der Waals surface area contributed by atoms with E-state index < -0.39 is 6.09 Å². The number of carboxylic acid groups (broad SMARTS) is 1. The van der Waals surface area contributed by atoms with E-state index in [1.807, 2.05) is 0 Å². The number of hydrogen-bond acceptors (Lipinski definition) is 5. The Morgan fingerprint density at radius 2 is 1.96 bits per heavy atom. The Morgan fingerprint density at radius 3 is 2.69 bits per heavy atom. The highest BCUT2D eigenvalue weighted by Crippen LogP contribution is 2.33. The Kier molecular flexibility index (Phi) is 4.63. The number of anilines is 1. The number of fused-ring (bicyclic) bond motifs is 1. The number of aliphatic hydroxyl groups excluding tert-OH is 1. The molecule has 138 valence electrons. The van der Waals surface area contributed by atoms with Crippen LogP contribution in [0.4, 0.5) is 10.5 Å². The normalized spacial score (nSPS) is 21.5. The number of likely N-dealkylation sites (tertiary alicyclic amines) is 1. The molecule has 7 nitrogen and oxygen atoms in total. The lowest BCUT2D eigenvalue weighted by Crippen LogP contribution is -2.37. The van der Waals surface area contributed by atoms with Gasteiger partial charge in [-0.2, -0.15) is 0 Å². The van der Waals surface area contributed by atoms with Gasteiger partial charge < -0.3 is 20.0 Å². The minimum absolute atomic E-state index is 0.176. The predicted octanol–water partition coefficient (Wildman–Crippen LogP) is 2.45. The van der Waals surface area contributed by atoms with Gasteiger partial charge in [0.25, 0.3) is 0 Å². The zero-order valence-corrected chi connectivity index (χ0v) is 14.7. The van der Waals surface area contributed by atoms with Crippen LogP contribution in [0.15, 0.2) is 24.5 Å². The van der Waals surface area contributed by atoms with Crippen LogP contribution in [0.25, 0.3) is 10.9 Å². The van der Waals surface area contributed by atoms with Crippen LogP contribution < -0.4 is 4.90 Å². The molecule has 2 fully saturated rings. The SMILES string of the molecule is O=C(O)N1CCC(c2ncnc3cc(N4CCCC4CO)ccc23)CC1. The highest BCUT2D eigenvalue weighted by molar-refractivity contribution is 5.84. The molecule has 7 heteroatoms. The molecule has 1 aromatic heterocycles. The smallest absolute Gasteiger partial charge is 0.407 e. The van der Waals surface area contributed by atoms with Crippen molar-refractivity contribution >= 4 is 22.7 Å². The van der Waals surface area contributed by atoms with Crippen LogP contribution in [0.3, 0.4) is 0 Å². The number of benzene rings is 1. The molecule has 0 radical (unpaired) electrons. The van der Waals surface area contributed by atoms with Crippen molar-refractivity contribution in [2.24, 2.45) is 0 Å². The molecule has 1 atom stereocenters. The molecule has 2 saturated heterocycles. The maximum absolute atomic E-state index is 11.1. The van der Waals surface area contributed by atoms with Gasteiger partial charge in [0.2, 0.25) is 0 Å². The molecule has 2 aromatic rings. The van der Waals surface area contributed by atoms with E-state index in [-0.39, 0.29) is 18.6 Å². The van der Waals surface area contributed by atoms with Crippen molar-refractivity contribution in [3.63, 3.8) is 0 Å². The third-order valence-corrected chi connectivity index (χ3v) is 5.72. The first-order valence-electron chi connectivity index (χ1n) is 9.27. The topological polar surface area (TPSA) is 89.8 Å². The van der Waals surface area contributed by atoms with E-state index >= 15 is 0 Å². The zero-order valence-electron chi connectivity index (χ0n) is 14.7. The van der Waals surface area contributed by atoms with E-state index in [0.29, 0.717) is 13.1 Å². The summed E-state index contributed by atoms with van der Waals surface area (Å²) in [4.78, 5) is 23.8. The van der Waals surface area contributed by atoms with Gasteiger partial charge in [0.15, 0.2) is 0 Å². The van der Waals surface area contributed by atoms with Gasteiger partial charge in [0.05, 0.1) is 23.9 Å². The summed E-state index contributed by atoms with van der Waals surface area (Å²) < 4.78 is 0. The predicted molar refractivity (Wildman–Crippen MR) is 98.6 cm³/mol. The highest BCUT2D eigenvalue weighted by atomic mass is 16.4. The van der Waals surface area contributed by atoms with Crippen molar-refractivity contribution in [1.29, 1.82) is 0 Å². The molecule has 2 aliphatic heterocycles. The molecular formula is C19H24N4O3. The lowest BCUT2D eigenvalue weighted by molar-refractivity contribution is 0.132. The molecule has 0 aliphatic carbocycles. The average molecular weight is 356 g/mol. The van der Waals surface area contributed by atoms with Gasteiger partial charge in [-0.15, -0.1) is 0 Å². The largest absolute Gasteiger partial charge is 0.465 e. The van der Waals surface area contributed by atoms with Gasteiger partial charge in [0, 0.05) is 36.6 Å². The fourth-order valence-electron chi connectivity index (χ4n) is 4.28. The Morgan fingerprint density at radius 1 is 1.15 bits per heavy atom. The number of carbonyl (C=O) groups is 1. The Bertz CT molecular complexity index is 804. The third-order valence-electron chi connectivity index (χ3n) is 5.72. The maximum atomic E-state index is 11.1. The summed E-state index contributed by atoms with van der Waals surface area (Å²) in [6.45, 7) is 2.24. The number of hydrogen-bond donors (Lipinski definition) is 2. The summed E-state index contributed by atoms with van der Waals surface area (Å²) in [7, 11) is 0. The monoisotopic (exact) mass is 356 g/mol. The minimum Gasteiger partial charge on any atom is -0.465 e. The maximum Gasteiger partial charge on any atom is 0.407 e. The summed E-state index contributed by atoms with van der Waals surface area (Å²) in [5, 5.41) is 19.7. The van der Waals surface area contributed by atoms with Crippen molar-refractivity contribution in [2.75, 3.05) is 31.1 Å². The first-order chi connectivity index (χ1) is 12.7. The van der Waals surface area contributed by atoms with Gasteiger partial charge in [-0.3, -0.25) is 0 Å². The van der Waals surface area contributed by atoms with Crippen LogP contribution in [0, 0.1) is 0 Å². The number of nitrogens with zero attached hydrogens (tertiary/aromatic N) is 4. The molecule has 2 N–H and O–H groups in total. The van der Waals surface area contributed by atoms with Crippen molar-refractivity contribution in [3.8, 4) is 0 Å². The van der Waals surface area contributed by atoms with Crippen LogP contribution in [0.5, 0.6) is 0 Å². The standard InChI is InChI=1S/C19H24N4O3/c24-11-15-2-1-7-23(15)14-3-4-16-17(10-14)20-12-21-18(16)13-5-8-22(9-6-13)19(25)26/h3-4,10,12-13,15,24H,1-2,5-9,11H2,(H,25,26). The van der Waals surface area contributed by atoms with Crippen molar-refractivity contribution in [1.82, 2.24) is 14.9 Å². The van der Waals surface area contributed by atoms with E-state index in [0.717, 1.165) is 54.5 Å². The van der Waals surface area contributed by atoms with Crippen LogP contribution >= 0.6 is 0 Å². The molecule has 2 aliphatic rings. The second-order valence-corrected chi connectivity index (χ2v) is 7.18. The Labute approximate surface area is 152 Å². The lowest BCUT2D eigenvalue weighted by Gasteiger charge is -2.30. The summed E-state index contributed by atoms with van der Waals surface area (Å²) in [5.74, 6) is 0.263. The number of amides is 1. The molecule has 1 aromatic carbocycles. The zero-order chi connectivity index (χ0) is 18.1. The fraction of sp³-hybridized carbons (Fsp3) is 0.526. The van der Waals surface area contributed by atoms with Gasteiger partial charge in [-0.25, -0.2) is 14.8 Å². The molecule has 0 bridgehead atoms. The second-order valence-electron chi connectivity index (χ2n) is 7.18. The number of aromatic nitrogens is 2. The Balaban J connectivity index is 1.60. The van der Waals surface area contributed by atoms with Crippen LogP contribution in [0.1, 0.15) is 37.3 Å². The van der Waals surface area contributed by atoms with Crippen molar-refractivity contribution in [2.45, 2.75) is 37.6 Å². The van der Waals surface area contributed by atoms with Gasteiger partial charge in [-0.1, -0.05) is 0 Å². The highest BCUT2D eigenvalue weighted by Gasteiger charge is 2.27. The summed E-state index contributed by atoms with van der Waals surface area (Å²) in [5.41, 5.74) is 3.03. The quantitative estimate of drug-likeness (QED) is 0.878. The molecule has 1 unspecified atom stereocenters. The summed E-state index contributed by atoms with van der Waals surface area (Å²) >= 11 is 0. The molecule has 0 saturated carbocycles. The van der Waals surface area contributed by atoms with Gasteiger partial charge in [-0.05, 0) is 43.9 Å². The molecule has 3 heterocycles. The summed E-state index contributed by atoms with van der Waals surface area (Å²) in [6, 6.07) is 6.45. The molecule has 26 heavy (non-hydrogen) atoms. The van der Waals surface area contributed by atoms with Gasteiger partial charge in [0.1, 0.15) is 6.33 Å². The van der Waals surface area contributed by atoms with Crippen LogP contribution in [-0.4, -0.2) is 63.5 Å². The Hall–Kier alpha value is -2.41. The number of rotatable bonds is 3. The summed E-state index contributed by atoms with van der Waals surface area (Å²) in [6.07, 6.45) is 4.47. The van der Waals surface area contributed by atoms with E-state index in [1.54, 1.807) is 6.33 Å². The van der Waals surface area contributed by atoms with E-state index in [1.165, 1.54) is 4.90 Å². The van der Waals surface area contributed by atoms with E-state index in [4.69, 9.17) is 5.11 Å². The van der Waals surface area contributed by atoms with Gasteiger partial charge >= 0.3 is 6.09 Å². The lowest BCUT2D eigenvalue weighted by atomic mass is 9.91. The number of aliphatic hydroxyl groups is 1.